The molecule has 0 spiro atoms. The topological polar surface area (TPSA) is 75.4 Å². The Morgan fingerprint density at radius 1 is 1.45 bits per heavy atom. The third kappa shape index (κ3) is 3.45. The lowest BCUT2D eigenvalue weighted by atomic mass is 10.0. The molecule has 1 saturated heterocycles. The summed E-state index contributed by atoms with van der Waals surface area (Å²) in [7, 11) is -3.54. The molecular formula is C13H20BrN3O2S. The highest BCUT2D eigenvalue weighted by atomic mass is 79.9. The Bertz CT molecular complexity index is 581. The smallest absolute Gasteiger partial charge is 0.301 e. The Hall–Kier alpha value is -0.790. The van der Waals surface area contributed by atoms with E-state index in [1.807, 2.05) is 13.0 Å². The number of anilines is 2. The summed E-state index contributed by atoms with van der Waals surface area (Å²) in [6.45, 7) is 5.03. The maximum absolute atomic E-state index is 12.4. The van der Waals surface area contributed by atoms with Crippen LogP contribution in [-0.2, 0) is 10.2 Å². The zero-order valence-electron chi connectivity index (χ0n) is 11.7. The largest absolute Gasteiger partial charge is 0.397 e. The summed E-state index contributed by atoms with van der Waals surface area (Å²) in [6.07, 6.45) is 1.97. The number of hydrogen-bond acceptors (Lipinski definition) is 3. The van der Waals surface area contributed by atoms with Gasteiger partial charge in [0.15, 0.2) is 0 Å². The number of piperidine rings is 1. The lowest BCUT2D eigenvalue weighted by molar-refractivity contribution is 0.282. The van der Waals surface area contributed by atoms with Gasteiger partial charge < -0.3 is 5.73 Å². The van der Waals surface area contributed by atoms with E-state index in [-0.39, 0.29) is 0 Å². The lowest BCUT2D eigenvalue weighted by Gasteiger charge is -2.30. The van der Waals surface area contributed by atoms with Crippen molar-refractivity contribution < 1.29 is 8.42 Å². The summed E-state index contributed by atoms with van der Waals surface area (Å²) >= 11 is 3.34. The van der Waals surface area contributed by atoms with E-state index in [9.17, 15) is 8.42 Å². The second-order valence-corrected chi connectivity index (χ2v) is 7.99. The van der Waals surface area contributed by atoms with E-state index in [4.69, 9.17) is 5.73 Å². The summed E-state index contributed by atoms with van der Waals surface area (Å²) in [5.41, 5.74) is 7.59. The minimum absolute atomic E-state index is 0.392. The fourth-order valence-electron chi connectivity index (χ4n) is 2.47. The summed E-state index contributed by atoms with van der Waals surface area (Å²) < 4.78 is 29.8. The van der Waals surface area contributed by atoms with E-state index < -0.39 is 10.2 Å². The lowest BCUT2D eigenvalue weighted by Crippen LogP contribution is -2.42. The number of halogens is 1. The Morgan fingerprint density at radius 2 is 2.15 bits per heavy atom. The number of benzene rings is 1. The first-order chi connectivity index (χ1) is 9.29. The predicted molar refractivity (Wildman–Crippen MR) is 85.8 cm³/mol. The standard InChI is InChI=1S/C13H20BrN3O2S/c1-9-4-3-5-17(8-9)20(18,19)16-13-10(2)6-11(14)7-12(13)15/h6-7,9,16H,3-5,8,15H2,1-2H3. The average Bonchev–Trinajstić information content (AvgIpc) is 2.34. The number of aryl methyl sites for hydroxylation is 1. The summed E-state index contributed by atoms with van der Waals surface area (Å²) in [4.78, 5) is 0. The van der Waals surface area contributed by atoms with E-state index in [2.05, 4.69) is 27.6 Å². The van der Waals surface area contributed by atoms with Gasteiger partial charge in [-0.1, -0.05) is 22.9 Å². The first kappa shape index (κ1) is 15.6. The van der Waals surface area contributed by atoms with Crippen molar-refractivity contribution in [1.29, 1.82) is 0 Å². The minimum atomic E-state index is -3.54. The molecule has 112 valence electrons. The number of nitrogens with one attached hydrogen (secondary N) is 1. The summed E-state index contributed by atoms with van der Waals surface area (Å²) in [5.74, 6) is 0.392. The van der Waals surface area contributed by atoms with Crippen LogP contribution < -0.4 is 10.5 Å². The highest BCUT2D eigenvalue weighted by Crippen LogP contribution is 2.29. The highest BCUT2D eigenvalue weighted by Gasteiger charge is 2.27. The van der Waals surface area contributed by atoms with Gasteiger partial charge in [-0.15, -0.1) is 0 Å². The molecule has 3 N–H and O–H groups in total. The van der Waals surface area contributed by atoms with Gasteiger partial charge in [0.2, 0.25) is 0 Å². The molecule has 1 unspecified atom stereocenters. The fourth-order valence-corrected chi connectivity index (χ4v) is 4.54. The third-order valence-electron chi connectivity index (χ3n) is 3.52. The van der Waals surface area contributed by atoms with Crippen molar-refractivity contribution in [3.05, 3.63) is 22.2 Å². The molecule has 1 heterocycles. The van der Waals surface area contributed by atoms with E-state index in [0.717, 1.165) is 22.9 Å². The van der Waals surface area contributed by atoms with Crippen molar-refractivity contribution in [2.75, 3.05) is 23.5 Å². The Balaban J connectivity index is 2.24. The van der Waals surface area contributed by atoms with Gasteiger partial charge in [-0.3, -0.25) is 4.72 Å². The van der Waals surface area contributed by atoms with Crippen molar-refractivity contribution in [3.63, 3.8) is 0 Å². The molecule has 7 heteroatoms. The van der Waals surface area contributed by atoms with Gasteiger partial charge in [-0.25, -0.2) is 0 Å². The number of nitrogen functional groups attached to an aromatic ring is 1. The molecule has 1 aliphatic rings. The SMILES string of the molecule is Cc1cc(Br)cc(N)c1NS(=O)(=O)N1CCCC(C)C1. The average molecular weight is 362 g/mol. The normalized spacial score (nSPS) is 20.9. The molecule has 1 fully saturated rings. The van der Waals surface area contributed by atoms with Gasteiger partial charge in [-0.2, -0.15) is 12.7 Å². The van der Waals surface area contributed by atoms with Gasteiger partial charge in [0.05, 0.1) is 11.4 Å². The van der Waals surface area contributed by atoms with E-state index in [1.165, 1.54) is 4.31 Å². The van der Waals surface area contributed by atoms with Crippen molar-refractivity contribution in [2.45, 2.75) is 26.7 Å². The molecule has 0 bridgehead atoms. The summed E-state index contributed by atoms with van der Waals surface area (Å²) in [5, 5.41) is 0. The molecule has 2 rings (SSSR count). The van der Waals surface area contributed by atoms with Crippen molar-refractivity contribution in [2.24, 2.45) is 5.92 Å². The molecule has 1 aromatic carbocycles. The van der Waals surface area contributed by atoms with Crippen LogP contribution in [0, 0.1) is 12.8 Å². The summed E-state index contributed by atoms with van der Waals surface area (Å²) in [6, 6.07) is 3.54. The zero-order chi connectivity index (χ0) is 14.9. The first-order valence-corrected chi connectivity index (χ1v) is 8.86. The van der Waals surface area contributed by atoms with Crippen LogP contribution in [0.4, 0.5) is 11.4 Å². The van der Waals surface area contributed by atoms with Gasteiger partial charge in [0.25, 0.3) is 0 Å². The fraction of sp³-hybridized carbons (Fsp3) is 0.538. The second kappa shape index (κ2) is 5.91. The maximum atomic E-state index is 12.4. The van der Waals surface area contributed by atoms with E-state index >= 15 is 0 Å². The van der Waals surface area contributed by atoms with Crippen LogP contribution in [0.3, 0.4) is 0 Å². The molecule has 0 saturated carbocycles. The van der Waals surface area contributed by atoms with Crippen LogP contribution in [0.5, 0.6) is 0 Å². The van der Waals surface area contributed by atoms with Gasteiger partial charge in [0, 0.05) is 17.6 Å². The maximum Gasteiger partial charge on any atom is 0.301 e. The Kier molecular flexibility index (Phi) is 4.61. The molecular weight excluding hydrogens is 342 g/mol. The van der Waals surface area contributed by atoms with E-state index in [0.29, 0.717) is 30.4 Å². The number of rotatable bonds is 3. The molecule has 1 atom stereocenters. The molecule has 20 heavy (non-hydrogen) atoms. The number of nitrogens with two attached hydrogens (primary N) is 1. The monoisotopic (exact) mass is 361 g/mol. The predicted octanol–water partition coefficient (Wildman–Crippen LogP) is 2.73. The quantitative estimate of drug-likeness (QED) is 0.812. The van der Waals surface area contributed by atoms with Crippen molar-refractivity contribution >= 4 is 37.5 Å². The molecule has 5 nitrogen and oxygen atoms in total. The number of nitrogens with zero attached hydrogens (tertiary/aromatic N) is 1. The molecule has 0 aromatic heterocycles. The van der Waals surface area contributed by atoms with Crippen LogP contribution in [0.1, 0.15) is 25.3 Å². The van der Waals surface area contributed by atoms with Crippen LogP contribution >= 0.6 is 15.9 Å². The van der Waals surface area contributed by atoms with Crippen LogP contribution in [0.15, 0.2) is 16.6 Å². The Labute approximate surface area is 128 Å². The molecule has 1 aliphatic heterocycles. The molecule has 0 radical (unpaired) electrons. The van der Waals surface area contributed by atoms with Gasteiger partial charge in [0.1, 0.15) is 0 Å². The minimum Gasteiger partial charge on any atom is -0.397 e. The first-order valence-electron chi connectivity index (χ1n) is 6.63. The van der Waals surface area contributed by atoms with Crippen molar-refractivity contribution in [3.8, 4) is 0 Å². The second-order valence-electron chi connectivity index (χ2n) is 5.40. The van der Waals surface area contributed by atoms with Gasteiger partial charge in [-0.05, 0) is 43.4 Å². The van der Waals surface area contributed by atoms with Crippen molar-refractivity contribution in [1.82, 2.24) is 4.31 Å². The Morgan fingerprint density at radius 3 is 2.75 bits per heavy atom. The molecule has 0 amide bonds. The highest BCUT2D eigenvalue weighted by molar-refractivity contribution is 9.10. The molecule has 0 aliphatic carbocycles. The van der Waals surface area contributed by atoms with Gasteiger partial charge >= 0.3 is 10.2 Å². The van der Waals surface area contributed by atoms with Crippen LogP contribution in [0.2, 0.25) is 0 Å². The van der Waals surface area contributed by atoms with Crippen LogP contribution in [-0.4, -0.2) is 25.8 Å². The zero-order valence-corrected chi connectivity index (χ0v) is 14.1. The molecule has 1 aromatic rings. The van der Waals surface area contributed by atoms with Crippen LogP contribution in [0.25, 0.3) is 0 Å². The number of hydrogen-bond donors (Lipinski definition) is 2. The third-order valence-corrected chi connectivity index (χ3v) is 5.45. The van der Waals surface area contributed by atoms with E-state index in [1.54, 1.807) is 6.07 Å².